The van der Waals surface area contributed by atoms with Crippen LogP contribution in [0.1, 0.15) is 34.6 Å². The number of imidazole rings is 1. The van der Waals surface area contributed by atoms with Crippen LogP contribution in [0, 0.1) is 12.3 Å². The Morgan fingerprint density at radius 1 is 1.30 bits per heavy atom. The number of aromatic hydroxyl groups is 1. The highest BCUT2D eigenvalue weighted by atomic mass is 35.5. The van der Waals surface area contributed by atoms with E-state index in [1.54, 1.807) is 18.2 Å². The molecule has 1 aliphatic carbocycles. The third kappa shape index (κ3) is 3.55. The molecule has 5 rings (SSSR count). The van der Waals surface area contributed by atoms with Gasteiger partial charge < -0.3 is 20.3 Å². The summed E-state index contributed by atoms with van der Waals surface area (Å²) in [6, 6.07) is 11.4. The Balaban J connectivity index is 1.07. The lowest BCUT2D eigenvalue weighted by atomic mass is 9.60. The number of hydrogen-bond acceptors (Lipinski definition) is 4. The summed E-state index contributed by atoms with van der Waals surface area (Å²) >= 11 is 6.02. The fourth-order valence-electron chi connectivity index (χ4n) is 4.77. The highest BCUT2D eigenvalue weighted by Crippen LogP contribution is 2.48. The molecule has 3 aromatic rings. The predicted octanol–water partition coefficient (Wildman–Crippen LogP) is 3.67. The molecule has 1 aromatic heterocycles. The van der Waals surface area contributed by atoms with Crippen molar-refractivity contribution in [3.63, 3.8) is 0 Å². The van der Waals surface area contributed by atoms with Crippen molar-refractivity contribution in [2.75, 3.05) is 19.6 Å². The maximum Gasteiger partial charge on any atom is 0.254 e. The number of carbonyl (C=O) groups excluding carboxylic acids is 1. The summed E-state index contributed by atoms with van der Waals surface area (Å²) in [5.74, 6) is 1.16. The van der Waals surface area contributed by atoms with Crippen LogP contribution in [-0.2, 0) is 6.42 Å². The van der Waals surface area contributed by atoms with Crippen molar-refractivity contribution in [3.8, 4) is 5.75 Å². The van der Waals surface area contributed by atoms with Crippen molar-refractivity contribution in [2.45, 2.75) is 32.2 Å². The lowest BCUT2D eigenvalue weighted by molar-refractivity contribution is -0.0609. The number of phenols is 1. The van der Waals surface area contributed by atoms with Gasteiger partial charge in [-0.1, -0.05) is 17.7 Å². The van der Waals surface area contributed by atoms with Crippen molar-refractivity contribution in [1.82, 2.24) is 20.2 Å². The lowest BCUT2D eigenvalue weighted by Crippen LogP contribution is -2.67. The molecule has 0 bridgehead atoms. The Kier molecular flexibility index (Phi) is 4.71. The van der Waals surface area contributed by atoms with E-state index in [0.29, 0.717) is 16.6 Å². The van der Waals surface area contributed by atoms with Gasteiger partial charge in [0, 0.05) is 48.1 Å². The van der Waals surface area contributed by atoms with Gasteiger partial charge in [0.25, 0.3) is 5.91 Å². The first-order valence-corrected chi connectivity index (χ1v) is 10.8. The molecule has 2 fully saturated rings. The van der Waals surface area contributed by atoms with E-state index in [1.807, 2.05) is 30.0 Å². The maximum absolute atomic E-state index is 12.6. The van der Waals surface area contributed by atoms with E-state index in [4.69, 9.17) is 11.6 Å². The number of aromatic nitrogens is 2. The molecule has 1 aliphatic heterocycles. The Morgan fingerprint density at radius 2 is 2.10 bits per heavy atom. The third-order valence-electron chi connectivity index (χ3n) is 6.44. The summed E-state index contributed by atoms with van der Waals surface area (Å²) in [5, 5.41) is 14.2. The van der Waals surface area contributed by atoms with E-state index in [9.17, 15) is 9.90 Å². The highest BCUT2D eigenvalue weighted by molar-refractivity contribution is 6.31. The maximum atomic E-state index is 12.6. The molecule has 3 N–H and O–H groups in total. The van der Waals surface area contributed by atoms with E-state index in [0.717, 1.165) is 61.3 Å². The van der Waals surface area contributed by atoms with E-state index in [1.165, 1.54) is 0 Å². The first-order chi connectivity index (χ1) is 14.4. The predicted molar refractivity (Wildman–Crippen MR) is 117 cm³/mol. The number of aromatic amines is 1. The lowest BCUT2D eigenvalue weighted by Gasteiger charge is -2.59. The molecule has 2 aromatic carbocycles. The molecule has 6 nitrogen and oxygen atoms in total. The largest absolute Gasteiger partial charge is 0.508 e. The van der Waals surface area contributed by atoms with E-state index < -0.39 is 0 Å². The Labute approximate surface area is 180 Å². The second-order valence-corrected chi connectivity index (χ2v) is 9.25. The number of phenolic OH excluding ortho intramolecular Hbond substituents is 1. The van der Waals surface area contributed by atoms with Gasteiger partial charge in [0.2, 0.25) is 0 Å². The molecule has 1 saturated heterocycles. The number of amides is 1. The molecule has 2 aliphatic rings. The summed E-state index contributed by atoms with van der Waals surface area (Å²) in [6.07, 6.45) is 3.05. The Morgan fingerprint density at radius 3 is 2.87 bits per heavy atom. The molecular weight excluding hydrogens is 400 g/mol. The molecule has 1 saturated carbocycles. The van der Waals surface area contributed by atoms with Crippen LogP contribution < -0.4 is 5.32 Å². The highest BCUT2D eigenvalue weighted by Gasteiger charge is 2.53. The molecular formula is C23H25ClN4O2. The summed E-state index contributed by atoms with van der Waals surface area (Å²) < 4.78 is 0. The summed E-state index contributed by atoms with van der Waals surface area (Å²) in [5.41, 5.74) is 3.54. The monoisotopic (exact) mass is 424 g/mol. The zero-order valence-electron chi connectivity index (χ0n) is 16.9. The van der Waals surface area contributed by atoms with E-state index in [2.05, 4.69) is 15.3 Å². The summed E-state index contributed by atoms with van der Waals surface area (Å²) in [6.45, 7) is 4.32. The van der Waals surface area contributed by atoms with Crippen LogP contribution in [0.4, 0.5) is 0 Å². The molecule has 2 heterocycles. The first-order valence-electron chi connectivity index (χ1n) is 10.4. The van der Waals surface area contributed by atoms with Gasteiger partial charge in [-0.2, -0.15) is 0 Å². The molecule has 0 unspecified atom stereocenters. The molecule has 0 radical (unpaired) electrons. The standard InChI is InChI=1S/C23H25ClN4O2/c1-14-2-3-15(8-20(14)29)22(30)28-12-23(13-28)10-17(11-23)25-7-6-21-26-18-5-4-16(24)9-19(18)27-21/h2-5,8-9,17,25,29H,6-7,10-13H2,1H3,(H,26,27). The average Bonchev–Trinajstić information content (AvgIpc) is 3.05. The van der Waals surface area contributed by atoms with Crippen LogP contribution in [0.2, 0.25) is 5.02 Å². The second-order valence-electron chi connectivity index (χ2n) is 8.82. The Bertz CT molecular complexity index is 1110. The number of rotatable bonds is 5. The second kappa shape index (κ2) is 7.29. The number of likely N-dealkylation sites (tertiary alicyclic amines) is 1. The minimum absolute atomic E-state index is 0.0114. The number of fused-ring (bicyclic) bond motifs is 1. The SMILES string of the molecule is Cc1ccc(C(=O)N2CC3(CC(NCCc4nc5cc(Cl)ccc5[nH]4)C3)C2)cc1O. The number of aryl methyl sites for hydroxylation is 1. The number of H-pyrrole nitrogens is 1. The topological polar surface area (TPSA) is 81.2 Å². The van der Waals surface area contributed by atoms with Gasteiger partial charge in [0.05, 0.1) is 11.0 Å². The number of nitrogens with zero attached hydrogens (tertiary/aromatic N) is 2. The quantitative estimate of drug-likeness (QED) is 0.583. The molecule has 7 heteroatoms. The van der Waals surface area contributed by atoms with Crippen molar-refractivity contribution < 1.29 is 9.90 Å². The third-order valence-corrected chi connectivity index (χ3v) is 6.68. The number of hydrogen-bond donors (Lipinski definition) is 3. The molecule has 0 atom stereocenters. The van der Waals surface area contributed by atoms with Crippen molar-refractivity contribution >= 4 is 28.5 Å². The van der Waals surface area contributed by atoms with Crippen molar-refractivity contribution in [3.05, 3.63) is 58.4 Å². The van der Waals surface area contributed by atoms with Crippen LogP contribution in [0.15, 0.2) is 36.4 Å². The summed E-state index contributed by atoms with van der Waals surface area (Å²) in [4.78, 5) is 22.4. The minimum atomic E-state index is 0.0114. The molecule has 156 valence electrons. The average molecular weight is 425 g/mol. The van der Waals surface area contributed by atoms with Crippen LogP contribution in [0.3, 0.4) is 0 Å². The zero-order chi connectivity index (χ0) is 20.9. The van der Waals surface area contributed by atoms with Crippen molar-refractivity contribution in [2.24, 2.45) is 5.41 Å². The molecule has 1 amide bonds. The normalized spacial score (nSPS) is 17.9. The van der Waals surface area contributed by atoms with Crippen LogP contribution in [0.5, 0.6) is 5.75 Å². The molecule has 30 heavy (non-hydrogen) atoms. The van der Waals surface area contributed by atoms with Crippen LogP contribution in [0.25, 0.3) is 11.0 Å². The van der Waals surface area contributed by atoms with Crippen LogP contribution in [-0.4, -0.2) is 51.6 Å². The Hall–Kier alpha value is -2.57. The van der Waals surface area contributed by atoms with Gasteiger partial charge in [-0.15, -0.1) is 0 Å². The van der Waals surface area contributed by atoms with E-state index >= 15 is 0 Å². The fourth-order valence-corrected chi connectivity index (χ4v) is 4.93. The minimum Gasteiger partial charge on any atom is -0.508 e. The van der Waals surface area contributed by atoms with Gasteiger partial charge in [-0.25, -0.2) is 4.98 Å². The number of benzene rings is 2. The van der Waals surface area contributed by atoms with Gasteiger partial charge >= 0.3 is 0 Å². The first kappa shape index (κ1) is 19.4. The van der Waals surface area contributed by atoms with Gasteiger partial charge in [0.1, 0.15) is 11.6 Å². The number of nitrogens with one attached hydrogen (secondary N) is 2. The van der Waals surface area contributed by atoms with E-state index in [-0.39, 0.29) is 17.1 Å². The van der Waals surface area contributed by atoms with Crippen LogP contribution >= 0.6 is 11.6 Å². The van der Waals surface area contributed by atoms with Crippen molar-refractivity contribution in [1.29, 1.82) is 0 Å². The fraction of sp³-hybridized carbons (Fsp3) is 0.391. The van der Waals surface area contributed by atoms with Gasteiger partial charge in [-0.05, 0) is 55.7 Å². The number of carbonyl (C=O) groups is 1. The number of halogens is 1. The van der Waals surface area contributed by atoms with Gasteiger partial charge in [0.15, 0.2) is 0 Å². The smallest absolute Gasteiger partial charge is 0.254 e. The van der Waals surface area contributed by atoms with Gasteiger partial charge in [-0.3, -0.25) is 4.79 Å². The zero-order valence-corrected chi connectivity index (χ0v) is 17.7. The molecule has 1 spiro atoms. The summed E-state index contributed by atoms with van der Waals surface area (Å²) in [7, 11) is 0.